The Kier molecular flexibility index (Phi) is 5.77. The van der Waals surface area contributed by atoms with Crippen molar-refractivity contribution in [2.45, 2.75) is 25.1 Å². The first-order valence-corrected chi connectivity index (χ1v) is 5.01. The van der Waals surface area contributed by atoms with Crippen LogP contribution in [0.4, 0.5) is 0 Å². The smallest absolute Gasteiger partial charge is 0.335 e. The van der Waals surface area contributed by atoms with Crippen molar-refractivity contribution in [2.24, 2.45) is 5.92 Å². The Balaban J connectivity index is 4.76. The van der Waals surface area contributed by atoms with E-state index in [4.69, 9.17) is 39.9 Å². The van der Waals surface area contributed by atoms with Gasteiger partial charge in [-0.25, -0.2) is 4.79 Å². The van der Waals surface area contributed by atoms with E-state index >= 15 is 0 Å². The molecule has 76 valence electrons. The van der Waals surface area contributed by atoms with Crippen LogP contribution in [0.3, 0.4) is 0 Å². The first-order chi connectivity index (χ1) is 5.86. The van der Waals surface area contributed by atoms with Crippen molar-refractivity contribution >= 4 is 40.8 Å². The Hall–Kier alpha value is 0.0800. The summed E-state index contributed by atoms with van der Waals surface area (Å²) in [4.78, 5) is 9.57. The van der Waals surface area contributed by atoms with Crippen molar-refractivity contribution in [1.29, 1.82) is 0 Å². The number of carboxylic acids is 1. The summed E-state index contributed by atoms with van der Waals surface area (Å²) in [7, 11) is 0. The minimum atomic E-state index is -1.17. The highest BCUT2D eigenvalue weighted by molar-refractivity contribution is 6.49. The highest BCUT2D eigenvalue weighted by atomic mass is 35.5. The molecule has 0 rings (SSSR count). The number of hydrogen-bond acceptors (Lipinski definition) is 1. The molecule has 5 heteroatoms. The van der Waals surface area contributed by atoms with E-state index in [9.17, 15) is 4.79 Å². The number of allylic oxidation sites excluding steroid dienone is 1. The molecule has 2 nitrogen and oxygen atoms in total. The molecule has 1 N–H and O–H groups in total. The van der Waals surface area contributed by atoms with Gasteiger partial charge in [0.05, 0.1) is 5.57 Å². The van der Waals surface area contributed by atoms with Crippen LogP contribution < -0.4 is 0 Å². The number of carboxylic acid groups (broad SMARTS) is 1. The van der Waals surface area contributed by atoms with Crippen molar-refractivity contribution in [3.63, 3.8) is 0 Å². The van der Waals surface area contributed by atoms with Gasteiger partial charge in [-0.1, -0.05) is 48.7 Å². The molecule has 0 aromatic rings. The van der Waals surface area contributed by atoms with Crippen LogP contribution in [0.15, 0.2) is 10.6 Å². The molecule has 0 bridgehead atoms. The van der Waals surface area contributed by atoms with Gasteiger partial charge >= 0.3 is 5.97 Å². The standard InChI is InChI=1S/C8H11Cl3O2/c1-4(2)3-5(9)6(7(10)11)8(12)13/h4,7H,3H2,1-2H3,(H,12,13). The number of aliphatic carboxylic acids is 1. The Bertz CT molecular complexity index is 221. The van der Waals surface area contributed by atoms with Crippen molar-refractivity contribution in [3.8, 4) is 0 Å². The number of rotatable bonds is 4. The second-order valence-corrected chi connectivity index (χ2v) is 4.57. The second kappa shape index (κ2) is 5.74. The molecule has 0 heterocycles. The minimum Gasteiger partial charge on any atom is -0.478 e. The fourth-order valence-corrected chi connectivity index (χ4v) is 1.86. The quantitative estimate of drug-likeness (QED) is 0.609. The molecular formula is C8H11Cl3O2. The van der Waals surface area contributed by atoms with Crippen molar-refractivity contribution in [3.05, 3.63) is 10.6 Å². The normalized spacial score (nSPS) is 13.5. The Morgan fingerprint density at radius 1 is 1.38 bits per heavy atom. The van der Waals surface area contributed by atoms with Gasteiger partial charge in [-0.05, 0) is 12.3 Å². The number of alkyl halides is 2. The average molecular weight is 246 g/mol. The van der Waals surface area contributed by atoms with E-state index in [1.165, 1.54) is 0 Å². The van der Waals surface area contributed by atoms with Crippen molar-refractivity contribution in [2.75, 3.05) is 0 Å². The molecule has 0 saturated carbocycles. The van der Waals surface area contributed by atoms with Crippen molar-refractivity contribution in [1.82, 2.24) is 0 Å². The zero-order valence-electron chi connectivity index (χ0n) is 7.35. The summed E-state index contributed by atoms with van der Waals surface area (Å²) < 4.78 is 0. The first kappa shape index (κ1) is 13.1. The topological polar surface area (TPSA) is 37.3 Å². The third-order valence-corrected chi connectivity index (χ3v) is 2.12. The van der Waals surface area contributed by atoms with Crippen LogP contribution in [-0.4, -0.2) is 15.9 Å². The maximum absolute atomic E-state index is 10.7. The van der Waals surface area contributed by atoms with Gasteiger partial charge in [-0.15, -0.1) is 0 Å². The molecule has 0 saturated heterocycles. The van der Waals surface area contributed by atoms with Gasteiger partial charge in [-0.2, -0.15) is 0 Å². The highest BCUT2D eigenvalue weighted by Crippen LogP contribution is 2.25. The lowest BCUT2D eigenvalue weighted by atomic mass is 10.1. The molecule has 0 aliphatic heterocycles. The maximum atomic E-state index is 10.7. The molecule has 0 aromatic carbocycles. The van der Waals surface area contributed by atoms with E-state index in [0.29, 0.717) is 6.42 Å². The molecule has 0 spiro atoms. The van der Waals surface area contributed by atoms with Crippen molar-refractivity contribution < 1.29 is 9.90 Å². The highest BCUT2D eigenvalue weighted by Gasteiger charge is 2.20. The summed E-state index contributed by atoms with van der Waals surface area (Å²) in [5.74, 6) is -0.894. The summed E-state index contributed by atoms with van der Waals surface area (Å²) >= 11 is 16.7. The SMILES string of the molecule is CC(C)CC(Cl)=C(C(=O)O)C(Cl)Cl. The molecule has 0 amide bonds. The number of halogens is 3. The Labute approximate surface area is 92.5 Å². The molecule has 0 aliphatic carbocycles. The van der Waals surface area contributed by atoms with Crippen LogP contribution in [0.5, 0.6) is 0 Å². The predicted octanol–water partition coefficient (Wildman–Crippen LogP) is 3.41. The van der Waals surface area contributed by atoms with Gasteiger partial charge < -0.3 is 5.11 Å². The van der Waals surface area contributed by atoms with Gasteiger partial charge in [0.1, 0.15) is 4.84 Å². The molecule has 0 unspecified atom stereocenters. The molecular weight excluding hydrogens is 234 g/mol. The lowest BCUT2D eigenvalue weighted by Crippen LogP contribution is -2.10. The van der Waals surface area contributed by atoms with Gasteiger partial charge in [0, 0.05) is 5.03 Å². The van der Waals surface area contributed by atoms with Gasteiger partial charge in [0.2, 0.25) is 0 Å². The summed E-state index contributed by atoms with van der Waals surface area (Å²) in [5, 5.41) is 8.94. The monoisotopic (exact) mass is 244 g/mol. The molecule has 0 radical (unpaired) electrons. The molecule has 0 fully saturated rings. The van der Waals surface area contributed by atoms with Crippen LogP contribution >= 0.6 is 34.8 Å². The number of hydrogen-bond donors (Lipinski definition) is 1. The largest absolute Gasteiger partial charge is 0.478 e. The fraction of sp³-hybridized carbons (Fsp3) is 0.625. The Morgan fingerprint density at radius 2 is 1.85 bits per heavy atom. The van der Waals surface area contributed by atoms with Gasteiger partial charge in [0.25, 0.3) is 0 Å². The van der Waals surface area contributed by atoms with E-state index in [0.717, 1.165) is 0 Å². The third kappa shape index (κ3) is 4.75. The molecule has 0 aromatic heterocycles. The summed E-state index contributed by atoms with van der Waals surface area (Å²) in [5.41, 5.74) is -0.126. The maximum Gasteiger partial charge on any atom is 0.335 e. The van der Waals surface area contributed by atoms with E-state index in [2.05, 4.69) is 0 Å². The van der Waals surface area contributed by atoms with Gasteiger partial charge in [0.15, 0.2) is 0 Å². The summed E-state index contributed by atoms with van der Waals surface area (Å²) in [6, 6.07) is 0. The predicted molar refractivity (Wildman–Crippen MR) is 55.5 cm³/mol. The zero-order valence-corrected chi connectivity index (χ0v) is 9.62. The van der Waals surface area contributed by atoms with Crippen LogP contribution in [0.2, 0.25) is 0 Å². The fourth-order valence-electron chi connectivity index (χ4n) is 0.796. The molecule has 0 aliphatic rings. The second-order valence-electron chi connectivity index (χ2n) is 3.02. The molecule has 0 atom stereocenters. The minimum absolute atomic E-state index is 0.126. The summed E-state index contributed by atoms with van der Waals surface area (Å²) in [6.45, 7) is 3.86. The summed E-state index contributed by atoms with van der Waals surface area (Å²) in [6.07, 6.45) is 0.471. The average Bonchev–Trinajstić information content (AvgIpc) is 1.81. The van der Waals surface area contributed by atoms with E-state index in [1.807, 2.05) is 13.8 Å². The lowest BCUT2D eigenvalue weighted by Gasteiger charge is -2.08. The van der Waals surface area contributed by atoms with Crippen LogP contribution in [-0.2, 0) is 4.79 Å². The first-order valence-electron chi connectivity index (χ1n) is 3.76. The zero-order chi connectivity index (χ0) is 10.6. The third-order valence-electron chi connectivity index (χ3n) is 1.33. The van der Waals surface area contributed by atoms with E-state index < -0.39 is 10.8 Å². The van der Waals surface area contributed by atoms with E-state index in [-0.39, 0.29) is 16.5 Å². The number of carbonyl (C=O) groups is 1. The van der Waals surface area contributed by atoms with Crippen LogP contribution in [0, 0.1) is 5.92 Å². The van der Waals surface area contributed by atoms with Crippen LogP contribution in [0.1, 0.15) is 20.3 Å². The van der Waals surface area contributed by atoms with Crippen LogP contribution in [0.25, 0.3) is 0 Å². The molecule has 13 heavy (non-hydrogen) atoms. The van der Waals surface area contributed by atoms with E-state index in [1.54, 1.807) is 0 Å². The lowest BCUT2D eigenvalue weighted by molar-refractivity contribution is -0.132. The Morgan fingerprint density at radius 3 is 2.08 bits per heavy atom. The van der Waals surface area contributed by atoms with Gasteiger partial charge in [-0.3, -0.25) is 0 Å².